The van der Waals surface area contributed by atoms with E-state index in [1.165, 1.54) is 19.1 Å². The SMILES string of the molecule is COc1ccc(CC(NC(=O)C(C)NC(=O)CN2CCOCC2)C(=O)NC(Cc2ccc(OC(N)=O)cc2)C(=O)C2(C)CO2)cc1. The molecule has 4 atom stereocenters. The van der Waals surface area contributed by atoms with Crippen LogP contribution in [-0.4, -0.2) is 105 Å². The van der Waals surface area contributed by atoms with Crippen molar-refractivity contribution in [3.63, 3.8) is 0 Å². The molecule has 0 aliphatic carbocycles. The van der Waals surface area contributed by atoms with Crippen molar-refractivity contribution in [3.8, 4) is 11.5 Å². The maximum atomic E-state index is 13.8. The van der Waals surface area contributed by atoms with E-state index in [9.17, 15) is 24.0 Å². The van der Waals surface area contributed by atoms with Gasteiger partial charge in [0.15, 0.2) is 5.78 Å². The first-order valence-electron chi connectivity index (χ1n) is 15.0. The number of morpholine rings is 1. The van der Waals surface area contributed by atoms with Gasteiger partial charge in [0.2, 0.25) is 17.7 Å². The van der Waals surface area contributed by atoms with E-state index in [2.05, 4.69) is 16.0 Å². The molecule has 2 aromatic carbocycles. The second-order valence-corrected chi connectivity index (χ2v) is 11.5. The number of rotatable bonds is 15. The summed E-state index contributed by atoms with van der Waals surface area (Å²) in [5, 5.41) is 8.27. The molecular weight excluding hydrogens is 598 g/mol. The third-order valence-corrected chi connectivity index (χ3v) is 7.79. The largest absolute Gasteiger partial charge is 0.497 e. The topological polar surface area (TPSA) is 191 Å². The molecule has 0 bridgehead atoms. The summed E-state index contributed by atoms with van der Waals surface area (Å²) >= 11 is 0. The molecule has 0 radical (unpaired) electrons. The number of Topliss-reactive ketones (excluding diaryl/α,β-unsaturated/α-hetero) is 1. The number of primary amides is 1. The van der Waals surface area contributed by atoms with Crippen molar-refractivity contribution < 1.29 is 42.9 Å². The zero-order valence-corrected chi connectivity index (χ0v) is 26.2. The van der Waals surface area contributed by atoms with Crippen LogP contribution in [0.2, 0.25) is 0 Å². The molecule has 2 fully saturated rings. The van der Waals surface area contributed by atoms with Crippen molar-refractivity contribution in [2.75, 3.05) is 46.6 Å². The Labute approximate surface area is 267 Å². The van der Waals surface area contributed by atoms with Crippen LogP contribution >= 0.6 is 0 Å². The Morgan fingerprint density at radius 1 is 0.870 bits per heavy atom. The molecule has 2 aliphatic heterocycles. The molecule has 2 aliphatic rings. The number of hydrogen-bond donors (Lipinski definition) is 4. The fraction of sp³-hybridized carbons (Fsp3) is 0.469. The van der Waals surface area contributed by atoms with Crippen LogP contribution in [0.3, 0.4) is 0 Å². The summed E-state index contributed by atoms with van der Waals surface area (Å²) in [6.45, 7) is 5.84. The number of nitrogens with one attached hydrogen (secondary N) is 3. The predicted molar refractivity (Wildman–Crippen MR) is 165 cm³/mol. The standard InChI is InChI=1S/C32H41N5O9/c1-20(34-27(38)18-37-12-14-44-15-13-37)29(40)36-26(17-22-4-8-23(43-3)9-5-22)30(41)35-25(28(39)32(2)19-45-32)16-21-6-10-24(11-7-21)46-31(33)42/h4-11,20,25-26H,12-19H2,1-3H3,(H2,33,42)(H,34,38)(H,35,41)(H,36,40). The van der Waals surface area contributed by atoms with E-state index in [1.54, 1.807) is 50.4 Å². The van der Waals surface area contributed by atoms with Crippen molar-refractivity contribution in [2.45, 2.75) is 50.4 Å². The van der Waals surface area contributed by atoms with Gasteiger partial charge in [-0.3, -0.25) is 24.1 Å². The fourth-order valence-corrected chi connectivity index (χ4v) is 4.96. The minimum Gasteiger partial charge on any atom is -0.497 e. The molecule has 5 N–H and O–H groups in total. The van der Waals surface area contributed by atoms with E-state index in [-0.39, 0.29) is 43.4 Å². The lowest BCUT2D eigenvalue weighted by Crippen LogP contribution is -2.57. The molecule has 248 valence electrons. The molecule has 4 amide bonds. The number of nitrogens with zero attached hydrogens (tertiary/aromatic N) is 1. The van der Waals surface area contributed by atoms with E-state index in [4.69, 9.17) is 24.7 Å². The summed E-state index contributed by atoms with van der Waals surface area (Å²) in [5.74, 6) is -0.940. The molecule has 2 saturated heterocycles. The van der Waals surface area contributed by atoms with Crippen molar-refractivity contribution in [1.82, 2.24) is 20.9 Å². The van der Waals surface area contributed by atoms with E-state index in [1.807, 2.05) is 4.90 Å². The van der Waals surface area contributed by atoms with E-state index in [0.29, 0.717) is 37.6 Å². The second kappa shape index (κ2) is 15.7. The van der Waals surface area contributed by atoms with Crippen LogP contribution in [0, 0.1) is 0 Å². The average molecular weight is 640 g/mol. The van der Waals surface area contributed by atoms with Gasteiger partial charge in [-0.2, -0.15) is 0 Å². The maximum absolute atomic E-state index is 13.8. The minimum absolute atomic E-state index is 0.101. The number of methoxy groups -OCH3 is 1. The van der Waals surface area contributed by atoms with Crippen molar-refractivity contribution in [1.29, 1.82) is 0 Å². The zero-order chi connectivity index (χ0) is 33.3. The highest BCUT2D eigenvalue weighted by Crippen LogP contribution is 2.29. The van der Waals surface area contributed by atoms with Crippen LogP contribution in [0.1, 0.15) is 25.0 Å². The lowest BCUT2D eigenvalue weighted by atomic mass is 9.94. The molecule has 0 spiro atoms. The van der Waals surface area contributed by atoms with Gasteiger partial charge in [-0.1, -0.05) is 24.3 Å². The normalized spacial score (nSPS) is 19.5. The summed E-state index contributed by atoms with van der Waals surface area (Å²) in [6, 6.07) is 10.4. The molecular formula is C32H41N5O9. The number of hydrogen-bond acceptors (Lipinski definition) is 10. The number of benzene rings is 2. The molecule has 4 rings (SSSR count). The molecule has 14 heteroatoms. The van der Waals surface area contributed by atoms with Crippen LogP contribution < -0.4 is 31.2 Å². The Bertz CT molecular complexity index is 1390. The number of carbonyl (C=O) groups is 5. The highest BCUT2D eigenvalue weighted by molar-refractivity contribution is 5.98. The van der Waals surface area contributed by atoms with Crippen molar-refractivity contribution in [3.05, 3.63) is 59.7 Å². The first-order chi connectivity index (χ1) is 22.0. The number of carbonyl (C=O) groups excluding carboxylic acids is 5. The average Bonchev–Trinajstić information content (AvgIpc) is 3.79. The molecule has 0 saturated carbocycles. The highest BCUT2D eigenvalue weighted by Gasteiger charge is 2.50. The van der Waals surface area contributed by atoms with Gasteiger partial charge >= 0.3 is 6.09 Å². The van der Waals surface area contributed by atoms with Gasteiger partial charge in [-0.05, 0) is 55.7 Å². The van der Waals surface area contributed by atoms with Crippen molar-refractivity contribution >= 4 is 29.6 Å². The first kappa shape index (κ1) is 34.3. The molecule has 46 heavy (non-hydrogen) atoms. The summed E-state index contributed by atoms with van der Waals surface area (Å²) in [7, 11) is 1.54. The molecule has 0 aromatic heterocycles. The van der Waals surface area contributed by atoms with Gasteiger partial charge in [0.05, 0.1) is 39.5 Å². The van der Waals surface area contributed by atoms with Gasteiger partial charge in [-0.25, -0.2) is 4.79 Å². The van der Waals surface area contributed by atoms with Gasteiger partial charge < -0.3 is 40.6 Å². The third kappa shape index (κ3) is 9.99. The lowest BCUT2D eigenvalue weighted by Gasteiger charge is -2.27. The Kier molecular flexibility index (Phi) is 11.7. The summed E-state index contributed by atoms with van der Waals surface area (Å²) in [6.07, 6.45) is -0.746. The van der Waals surface area contributed by atoms with Crippen LogP contribution in [0.25, 0.3) is 0 Å². The number of ether oxygens (including phenoxy) is 4. The van der Waals surface area contributed by atoms with Crippen molar-refractivity contribution in [2.24, 2.45) is 5.73 Å². The van der Waals surface area contributed by atoms with E-state index < -0.39 is 41.6 Å². The number of epoxide rings is 1. The Balaban J connectivity index is 1.48. The van der Waals surface area contributed by atoms with Gasteiger partial charge in [0, 0.05) is 19.5 Å². The van der Waals surface area contributed by atoms with Crippen LogP contribution in [0.15, 0.2) is 48.5 Å². The number of nitrogens with two attached hydrogens (primary N) is 1. The monoisotopic (exact) mass is 639 g/mol. The quantitative estimate of drug-likeness (QED) is 0.195. The first-order valence-corrected chi connectivity index (χ1v) is 15.0. The number of ketones is 1. The number of amides is 4. The predicted octanol–water partition coefficient (Wildman–Crippen LogP) is 0.102. The smallest absolute Gasteiger partial charge is 0.409 e. The highest BCUT2D eigenvalue weighted by atomic mass is 16.6. The molecule has 2 heterocycles. The van der Waals surface area contributed by atoms with Crippen LogP contribution in [-0.2, 0) is 41.5 Å². The molecule has 2 aromatic rings. The van der Waals surface area contributed by atoms with Crippen LogP contribution in [0.5, 0.6) is 11.5 Å². The Morgan fingerprint density at radius 2 is 1.41 bits per heavy atom. The fourth-order valence-electron chi connectivity index (χ4n) is 4.96. The summed E-state index contributed by atoms with van der Waals surface area (Å²) < 4.78 is 20.8. The Hall–Kier alpha value is -4.53. The van der Waals surface area contributed by atoms with Gasteiger partial charge in [-0.15, -0.1) is 0 Å². The summed E-state index contributed by atoms with van der Waals surface area (Å²) in [4.78, 5) is 66.2. The maximum Gasteiger partial charge on any atom is 0.409 e. The molecule has 14 nitrogen and oxygen atoms in total. The zero-order valence-electron chi connectivity index (χ0n) is 26.2. The lowest BCUT2D eigenvalue weighted by molar-refractivity contribution is -0.134. The Morgan fingerprint density at radius 3 is 1.96 bits per heavy atom. The van der Waals surface area contributed by atoms with E-state index in [0.717, 1.165) is 5.56 Å². The van der Waals surface area contributed by atoms with Gasteiger partial charge in [0.25, 0.3) is 0 Å². The molecule has 4 unspecified atom stereocenters. The van der Waals surface area contributed by atoms with Crippen LogP contribution in [0.4, 0.5) is 4.79 Å². The summed E-state index contributed by atoms with van der Waals surface area (Å²) in [5.41, 5.74) is 5.44. The minimum atomic E-state index is -1.09. The van der Waals surface area contributed by atoms with E-state index >= 15 is 0 Å². The van der Waals surface area contributed by atoms with Gasteiger partial charge in [0.1, 0.15) is 29.2 Å². The third-order valence-electron chi connectivity index (χ3n) is 7.79. The second-order valence-electron chi connectivity index (χ2n) is 11.5.